The van der Waals surface area contributed by atoms with Crippen molar-refractivity contribution in [3.05, 3.63) is 52.5 Å². The maximum absolute atomic E-state index is 12.1. The molecule has 22 heavy (non-hydrogen) atoms. The minimum atomic E-state index is -0.217. The van der Waals surface area contributed by atoms with Crippen molar-refractivity contribution >= 4 is 34.8 Å². The predicted molar refractivity (Wildman–Crippen MR) is 87.2 cm³/mol. The van der Waals surface area contributed by atoms with Gasteiger partial charge in [0.05, 0.1) is 12.3 Å². The number of halogens is 1. The standard InChI is InChI=1S/C17H14ClNO3/c1-2-22-12-5-3-10(16(20)9-12)7-14-13-6-4-11(18)8-15(13)19-17(14)21/h3-9,20H,2H2,1H3,(H,19,21)/b14-7+. The van der Waals surface area contributed by atoms with E-state index in [9.17, 15) is 9.90 Å². The number of phenolic OH excluding ortho intramolecular Hbond substituents is 1. The van der Waals surface area contributed by atoms with Gasteiger partial charge >= 0.3 is 0 Å². The quantitative estimate of drug-likeness (QED) is 0.844. The Hall–Kier alpha value is -2.46. The van der Waals surface area contributed by atoms with Crippen LogP contribution in [0.2, 0.25) is 5.02 Å². The number of carbonyl (C=O) groups is 1. The topological polar surface area (TPSA) is 58.6 Å². The van der Waals surface area contributed by atoms with Crippen molar-refractivity contribution in [2.45, 2.75) is 6.92 Å². The molecule has 5 heteroatoms. The van der Waals surface area contributed by atoms with Crippen LogP contribution >= 0.6 is 11.6 Å². The lowest BCUT2D eigenvalue weighted by Crippen LogP contribution is -2.03. The van der Waals surface area contributed by atoms with Crippen LogP contribution in [0.5, 0.6) is 11.5 Å². The van der Waals surface area contributed by atoms with Crippen LogP contribution in [0.25, 0.3) is 11.6 Å². The number of rotatable bonds is 3. The summed E-state index contributed by atoms with van der Waals surface area (Å²) in [5.41, 5.74) is 2.49. The SMILES string of the molecule is CCOc1ccc(/C=C2/C(=O)Nc3cc(Cl)ccc32)c(O)c1. The van der Waals surface area contributed by atoms with Gasteiger partial charge in [0.15, 0.2) is 0 Å². The van der Waals surface area contributed by atoms with E-state index in [1.54, 1.807) is 36.4 Å². The Balaban J connectivity index is 2.01. The first-order chi connectivity index (χ1) is 10.6. The van der Waals surface area contributed by atoms with E-state index in [1.807, 2.05) is 6.92 Å². The number of hydrogen-bond donors (Lipinski definition) is 2. The first-order valence-electron chi connectivity index (χ1n) is 6.87. The number of benzene rings is 2. The van der Waals surface area contributed by atoms with Crippen LogP contribution in [-0.2, 0) is 4.79 Å². The molecule has 0 saturated carbocycles. The van der Waals surface area contributed by atoms with Gasteiger partial charge in [-0.25, -0.2) is 0 Å². The molecular weight excluding hydrogens is 302 g/mol. The highest BCUT2D eigenvalue weighted by Gasteiger charge is 2.24. The molecule has 112 valence electrons. The summed E-state index contributed by atoms with van der Waals surface area (Å²) in [5, 5.41) is 13.4. The molecule has 2 aromatic carbocycles. The first kappa shape index (κ1) is 14.5. The minimum absolute atomic E-state index is 0.0636. The lowest BCUT2D eigenvalue weighted by Gasteiger charge is -2.06. The molecule has 0 spiro atoms. The van der Waals surface area contributed by atoms with Crippen molar-refractivity contribution in [3.8, 4) is 11.5 Å². The second kappa shape index (κ2) is 5.73. The van der Waals surface area contributed by atoms with Gasteiger partial charge in [-0.2, -0.15) is 0 Å². The molecule has 0 bridgehead atoms. The van der Waals surface area contributed by atoms with Gasteiger partial charge in [-0.15, -0.1) is 0 Å². The second-order valence-corrected chi connectivity index (χ2v) is 5.29. The van der Waals surface area contributed by atoms with Gasteiger partial charge in [-0.05, 0) is 37.3 Å². The van der Waals surface area contributed by atoms with Crippen LogP contribution in [-0.4, -0.2) is 17.6 Å². The highest BCUT2D eigenvalue weighted by Crippen LogP contribution is 2.36. The maximum Gasteiger partial charge on any atom is 0.256 e. The summed E-state index contributed by atoms with van der Waals surface area (Å²) >= 11 is 5.93. The molecule has 0 aromatic heterocycles. The van der Waals surface area contributed by atoms with Gasteiger partial charge in [0.2, 0.25) is 0 Å². The summed E-state index contributed by atoms with van der Waals surface area (Å²) in [5.74, 6) is 0.435. The van der Waals surface area contributed by atoms with E-state index in [2.05, 4.69) is 5.32 Å². The number of anilines is 1. The van der Waals surface area contributed by atoms with Crippen molar-refractivity contribution in [2.75, 3.05) is 11.9 Å². The molecule has 0 unspecified atom stereocenters. The minimum Gasteiger partial charge on any atom is -0.507 e. The molecule has 1 heterocycles. The molecule has 3 rings (SSSR count). The zero-order valence-electron chi connectivity index (χ0n) is 11.9. The summed E-state index contributed by atoms with van der Waals surface area (Å²) in [6, 6.07) is 10.2. The summed E-state index contributed by atoms with van der Waals surface area (Å²) in [6.07, 6.45) is 1.65. The molecule has 2 aromatic rings. The number of ether oxygens (including phenoxy) is 1. The average molecular weight is 316 g/mol. The van der Waals surface area contributed by atoms with Crippen molar-refractivity contribution in [1.29, 1.82) is 0 Å². The lowest BCUT2D eigenvalue weighted by atomic mass is 10.0. The third-order valence-corrected chi connectivity index (χ3v) is 3.61. The molecule has 0 saturated heterocycles. The second-order valence-electron chi connectivity index (χ2n) is 4.86. The molecule has 0 fully saturated rings. The van der Waals surface area contributed by atoms with Gasteiger partial charge in [0, 0.05) is 27.8 Å². The molecule has 2 N–H and O–H groups in total. The molecule has 4 nitrogen and oxygen atoms in total. The van der Waals surface area contributed by atoms with E-state index in [-0.39, 0.29) is 11.7 Å². The fourth-order valence-corrected chi connectivity index (χ4v) is 2.54. The van der Waals surface area contributed by atoms with Crippen LogP contribution in [0.4, 0.5) is 5.69 Å². The van der Waals surface area contributed by atoms with Crippen molar-refractivity contribution < 1.29 is 14.6 Å². The van der Waals surface area contributed by atoms with E-state index in [1.165, 1.54) is 6.07 Å². The highest BCUT2D eigenvalue weighted by atomic mass is 35.5. The number of fused-ring (bicyclic) bond motifs is 1. The number of nitrogens with one attached hydrogen (secondary N) is 1. The Morgan fingerprint density at radius 2 is 2.09 bits per heavy atom. The summed E-state index contributed by atoms with van der Waals surface area (Å²) in [6.45, 7) is 2.40. The van der Waals surface area contributed by atoms with Crippen molar-refractivity contribution in [1.82, 2.24) is 0 Å². The van der Waals surface area contributed by atoms with Gasteiger partial charge < -0.3 is 15.2 Å². The molecule has 0 atom stereocenters. The van der Waals surface area contributed by atoms with Crippen LogP contribution in [0, 0.1) is 0 Å². The lowest BCUT2D eigenvalue weighted by molar-refractivity contribution is -0.110. The van der Waals surface area contributed by atoms with E-state index in [4.69, 9.17) is 16.3 Å². The zero-order chi connectivity index (χ0) is 15.7. The normalized spacial score (nSPS) is 14.8. The maximum atomic E-state index is 12.1. The summed E-state index contributed by atoms with van der Waals surface area (Å²) < 4.78 is 5.33. The molecule has 0 aliphatic carbocycles. The predicted octanol–water partition coefficient (Wildman–Crippen LogP) is 3.94. The van der Waals surface area contributed by atoms with Crippen LogP contribution in [0.1, 0.15) is 18.1 Å². The Kier molecular flexibility index (Phi) is 3.77. The van der Waals surface area contributed by atoms with E-state index >= 15 is 0 Å². The zero-order valence-corrected chi connectivity index (χ0v) is 12.6. The van der Waals surface area contributed by atoms with E-state index in [0.717, 1.165) is 5.56 Å². The molecular formula is C17H14ClNO3. The number of hydrogen-bond acceptors (Lipinski definition) is 3. The van der Waals surface area contributed by atoms with Gasteiger partial charge in [0.1, 0.15) is 11.5 Å². The highest BCUT2D eigenvalue weighted by molar-refractivity contribution is 6.36. The molecule has 0 radical (unpaired) electrons. The average Bonchev–Trinajstić information content (AvgIpc) is 2.77. The third-order valence-electron chi connectivity index (χ3n) is 3.38. The van der Waals surface area contributed by atoms with Crippen LogP contribution in [0.3, 0.4) is 0 Å². The van der Waals surface area contributed by atoms with Crippen LogP contribution in [0.15, 0.2) is 36.4 Å². The van der Waals surface area contributed by atoms with Crippen molar-refractivity contribution in [2.24, 2.45) is 0 Å². The largest absolute Gasteiger partial charge is 0.507 e. The number of carbonyl (C=O) groups excluding carboxylic acids is 1. The number of aromatic hydroxyl groups is 1. The smallest absolute Gasteiger partial charge is 0.256 e. The fourth-order valence-electron chi connectivity index (χ4n) is 2.37. The molecule has 1 aliphatic heterocycles. The molecule has 1 amide bonds. The Labute approximate surface area is 133 Å². The molecule has 1 aliphatic rings. The number of phenols is 1. The van der Waals surface area contributed by atoms with Crippen molar-refractivity contribution in [3.63, 3.8) is 0 Å². The Morgan fingerprint density at radius 1 is 1.27 bits per heavy atom. The summed E-state index contributed by atoms with van der Waals surface area (Å²) in [4.78, 5) is 12.1. The Morgan fingerprint density at radius 3 is 2.82 bits per heavy atom. The van der Waals surface area contributed by atoms with Crippen LogP contribution < -0.4 is 10.1 Å². The van der Waals surface area contributed by atoms with E-state index in [0.29, 0.717) is 34.2 Å². The summed E-state index contributed by atoms with van der Waals surface area (Å²) in [7, 11) is 0. The first-order valence-corrected chi connectivity index (χ1v) is 7.25. The number of amides is 1. The van der Waals surface area contributed by atoms with E-state index < -0.39 is 0 Å². The third kappa shape index (κ3) is 2.65. The Bertz CT molecular complexity index is 783. The fraction of sp³-hybridized carbons (Fsp3) is 0.118. The monoisotopic (exact) mass is 315 g/mol. The van der Waals surface area contributed by atoms with Gasteiger partial charge in [-0.1, -0.05) is 17.7 Å². The van der Waals surface area contributed by atoms with Gasteiger partial charge in [0.25, 0.3) is 5.91 Å². The van der Waals surface area contributed by atoms with Gasteiger partial charge in [-0.3, -0.25) is 4.79 Å².